The van der Waals surface area contributed by atoms with Crippen LogP contribution < -0.4 is 10.2 Å². The molecule has 0 unspecified atom stereocenters. The Kier molecular flexibility index (Phi) is 4.46. The Hall–Kier alpha value is -0.380. The smallest absolute Gasteiger partial charge is 0.0642 e. The fourth-order valence-electron chi connectivity index (χ4n) is 2.45. The first-order chi connectivity index (χ1) is 8.53. The highest BCUT2D eigenvalue weighted by molar-refractivity contribution is 8.00. The van der Waals surface area contributed by atoms with Crippen LogP contribution in [-0.2, 0) is 6.54 Å². The first kappa shape index (κ1) is 14.0. The Labute approximate surface area is 119 Å². The fourth-order valence-corrected chi connectivity index (χ4v) is 3.88. The van der Waals surface area contributed by atoms with Gasteiger partial charge in [-0.3, -0.25) is 0 Å². The zero-order valence-corrected chi connectivity index (χ0v) is 12.9. The van der Waals surface area contributed by atoms with E-state index in [0.29, 0.717) is 4.75 Å². The molecule has 1 fully saturated rings. The second-order valence-electron chi connectivity index (χ2n) is 5.31. The van der Waals surface area contributed by atoms with Gasteiger partial charge in [-0.2, -0.15) is 11.8 Å². The van der Waals surface area contributed by atoms with Crippen molar-refractivity contribution in [1.82, 2.24) is 5.32 Å². The van der Waals surface area contributed by atoms with E-state index in [1.54, 1.807) is 0 Å². The molecule has 2 rings (SSSR count). The van der Waals surface area contributed by atoms with E-state index in [0.717, 1.165) is 30.4 Å². The average molecular weight is 285 g/mol. The molecule has 0 aliphatic carbocycles. The van der Waals surface area contributed by atoms with Crippen molar-refractivity contribution in [2.24, 2.45) is 0 Å². The third-order valence-corrected chi connectivity index (χ3v) is 4.78. The number of rotatable bonds is 3. The van der Waals surface area contributed by atoms with Crippen LogP contribution in [0.15, 0.2) is 18.2 Å². The second-order valence-corrected chi connectivity index (χ2v) is 7.52. The molecule has 0 saturated carbocycles. The van der Waals surface area contributed by atoms with Gasteiger partial charge in [0.15, 0.2) is 0 Å². The summed E-state index contributed by atoms with van der Waals surface area (Å²) in [5.41, 5.74) is 2.49. The van der Waals surface area contributed by atoms with Crippen molar-refractivity contribution >= 4 is 29.1 Å². The number of thioether (sulfide) groups is 1. The van der Waals surface area contributed by atoms with Gasteiger partial charge in [-0.25, -0.2) is 0 Å². The lowest BCUT2D eigenvalue weighted by atomic mass is 10.1. The Morgan fingerprint density at radius 3 is 2.89 bits per heavy atom. The number of hydrogen-bond donors (Lipinski definition) is 1. The molecule has 0 spiro atoms. The van der Waals surface area contributed by atoms with Crippen molar-refractivity contribution in [2.45, 2.75) is 25.1 Å². The molecule has 2 nitrogen and oxygen atoms in total. The third kappa shape index (κ3) is 3.14. The van der Waals surface area contributed by atoms with Crippen LogP contribution in [0.1, 0.15) is 19.4 Å². The molecule has 1 heterocycles. The van der Waals surface area contributed by atoms with Crippen molar-refractivity contribution in [1.29, 1.82) is 0 Å². The first-order valence-corrected chi connectivity index (χ1v) is 7.71. The van der Waals surface area contributed by atoms with Crippen LogP contribution in [0.3, 0.4) is 0 Å². The minimum atomic E-state index is 0.300. The monoisotopic (exact) mass is 284 g/mol. The minimum Gasteiger partial charge on any atom is -0.368 e. The van der Waals surface area contributed by atoms with E-state index in [-0.39, 0.29) is 0 Å². The molecule has 100 valence electrons. The van der Waals surface area contributed by atoms with Gasteiger partial charge in [-0.1, -0.05) is 23.7 Å². The standard InChI is InChI=1S/C14H21ClN2S/c1-14(2)10-17(7-8-18-14)13-11(9-16-3)5-4-6-12(13)15/h4-6,16H,7-10H2,1-3H3. The molecule has 1 N–H and O–H groups in total. The normalized spacial score (nSPS) is 19.0. The van der Waals surface area contributed by atoms with Crippen LogP contribution in [0.25, 0.3) is 0 Å². The number of benzene rings is 1. The van der Waals surface area contributed by atoms with Gasteiger partial charge in [0, 0.05) is 30.1 Å². The van der Waals surface area contributed by atoms with E-state index in [2.05, 4.69) is 30.1 Å². The third-order valence-electron chi connectivity index (χ3n) is 3.18. The summed E-state index contributed by atoms with van der Waals surface area (Å²) >= 11 is 8.46. The highest BCUT2D eigenvalue weighted by atomic mass is 35.5. The average Bonchev–Trinajstić information content (AvgIpc) is 2.28. The van der Waals surface area contributed by atoms with Crippen LogP contribution >= 0.6 is 23.4 Å². The molecular formula is C14H21ClN2S. The number of anilines is 1. The summed E-state index contributed by atoms with van der Waals surface area (Å²) in [6.07, 6.45) is 0. The summed E-state index contributed by atoms with van der Waals surface area (Å²) in [4.78, 5) is 2.44. The summed E-state index contributed by atoms with van der Waals surface area (Å²) in [6.45, 7) is 7.60. The van der Waals surface area contributed by atoms with Gasteiger partial charge < -0.3 is 10.2 Å². The quantitative estimate of drug-likeness (QED) is 0.916. The zero-order valence-electron chi connectivity index (χ0n) is 11.3. The number of para-hydroxylation sites is 1. The highest BCUT2D eigenvalue weighted by Crippen LogP contribution is 2.37. The summed E-state index contributed by atoms with van der Waals surface area (Å²) in [6, 6.07) is 6.18. The summed E-state index contributed by atoms with van der Waals surface area (Å²) in [5.74, 6) is 1.16. The van der Waals surface area contributed by atoms with Gasteiger partial charge in [0.05, 0.1) is 10.7 Å². The summed E-state index contributed by atoms with van der Waals surface area (Å²) < 4.78 is 0.300. The largest absolute Gasteiger partial charge is 0.368 e. The number of nitrogens with zero attached hydrogens (tertiary/aromatic N) is 1. The fraction of sp³-hybridized carbons (Fsp3) is 0.571. The van der Waals surface area contributed by atoms with Gasteiger partial charge in [0.1, 0.15) is 0 Å². The van der Waals surface area contributed by atoms with E-state index in [1.165, 1.54) is 11.3 Å². The Balaban J connectivity index is 2.31. The molecule has 1 aromatic carbocycles. The molecule has 1 aliphatic heterocycles. The van der Waals surface area contributed by atoms with Crippen LogP contribution in [0, 0.1) is 0 Å². The molecule has 18 heavy (non-hydrogen) atoms. The molecule has 1 aliphatic rings. The highest BCUT2D eigenvalue weighted by Gasteiger charge is 2.28. The maximum absolute atomic E-state index is 6.42. The van der Waals surface area contributed by atoms with E-state index >= 15 is 0 Å². The molecular weight excluding hydrogens is 264 g/mol. The van der Waals surface area contributed by atoms with Crippen molar-refractivity contribution < 1.29 is 0 Å². The van der Waals surface area contributed by atoms with Crippen molar-refractivity contribution in [3.63, 3.8) is 0 Å². The van der Waals surface area contributed by atoms with E-state index in [1.807, 2.05) is 30.9 Å². The van der Waals surface area contributed by atoms with Crippen molar-refractivity contribution in [3.05, 3.63) is 28.8 Å². The van der Waals surface area contributed by atoms with Crippen LogP contribution in [0.2, 0.25) is 5.02 Å². The summed E-state index contributed by atoms with van der Waals surface area (Å²) in [7, 11) is 1.97. The molecule has 1 saturated heterocycles. The zero-order chi connectivity index (χ0) is 13.2. The topological polar surface area (TPSA) is 15.3 Å². The first-order valence-electron chi connectivity index (χ1n) is 6.34. The predicted octanol–water partition coefficient (Wildman–Crippen LogP) is 3.39. The molecule has 0 bridgehead atoms. The van der Waals surface area contributed by atoms with Gasteiger partial charge >= 0.3 is 0 Å². The van der Waals surface area contributed by atoms with Crippen LogP contribution in [-0.4, -0.2) is 30.6 Å². The van der Waals surface area contributed by atoms with Gasteiger partial charge in [-0.15, -0.1) is 0 Å². The van der Waals surface area contributed by atoms with E-state index < -0.39 is 0 Å². The second kappa shape index (κ2) is 5.72. The lowest BCUT2D eigenvalue weighted by molar-refractivity contribution is 0.644. The summed E-state index contributed by atoms with van der Waals surface area (Å²) in [5, 5.41) is 4.09. The lowest BCUT2D eigenvalue weighted by Gasteiger charge is -2.40. The van der Waals surface area contributed by atoms with Crippen LogP contribution in [0.4, 0.5) is 5.69 Å². The lowest BCUT2D eigenvalue weighted by Crippen LogP contribution is -2.43. The molecule has 0 aromatic heterocycles. The van der Waals surface area contributed by atoms with Crippen molar-refractivity contribution in [3.8, 4) is 0 Å². The van der Waals surface area contributed by atoms with Gasteiger partial charge in [-0.05, 0) is 32.5 Å². The SMILES string of the molecule is CNCc1cccc(Cl)c1N1CCSC(C)(C)C1. The van der Waals surface area contributed by atoms with E-state index in [9.17, 15) is 0 Å². The molecule has 4 heteroatoms. The Morgan fingerprint density at radius 2 is 2.22 bits per heavy atom. The van der Waals surface area contributed by atoms with Crippen molar-refractivity contribution in [2.75, 3.05) is 30.8 Å². The Bertz CT molecular complexity index is 420. The number of nitrogens with one attached hydrogen (secondary N) is 1. The molecule has 0 radical (unpaired) electrons. The van der Waals surface area contributed by atoms with Gasteiger partial charge in [0.2, 0.25) is 0 Å². The molecule has 0 atom stereocenters. The number of halogens is 1. The molecule has 0 amide bonds. The van der Waals surface area contributed by atoms with E-state index in [4.69, 9.17) is 11.6 Å². The maximum atomic E-state index is 6.42. The predicted molar refractivity (Wildman–Crippen MR) is 83.0 cm³/mol. The van der Waals surface area contributed by atoms with Gasteiger partial charge in [0.25, 0.3) is 0 Å². The number of hydrogen-bond acceptors (Lipinski definition) is 3. The Morgan fingerprint density at radius 1 is 1.44 bits per heavy atom. The molecule has 1 aromatic rings. The minimum absolute atomic E-state index is 0.300. The maximum Gasteiger partial charge on any atom is 0.0642 e. The van der Waals surface area contributed by atoms with Crippen LogP contribution in [0.5, 0.6) is 0 Å².